The Hall–Kier alpha value is -3.57. The van der Waals surface area contributed by atoms with Gasteiger partial charge in [-0.05, 0) is 29.3 Å². The molecule has 12 heteroatoms. The number of β-lactam (4-membered cyclic amide) rings is 1. The van der Waals surface area contributed by atoms with Crippen LogP contribution in [0.3, 0.4) is 0 Å². The maximum atomic E-state index is 12.9. The molecule has 0 spiro atoms. The average molecular weight is 518 g/mol. The van der Waals surface area contributed by atoms with Crippen LogP contribution in [0, 0.1) is 10.1 Å². The van der Waals surface area contributed by atoms with E-state index >= 15 is 0 Å². The number of carbonyl (C=O) groups excluding carboxylic acids is 2. The molecule has 10 nitrogen and oxygen atoms in total. The van der Waals surface area contributed by atoms with Crippen LogP contribution < -0.4 is 4.74 Å². The van der Waals surface area contributed by atoms with Crippen LogP contribution in [0.5, 0.6) is 11.5 Å². The van der Waals surface area contributed by atoms with Gasteiger partial charge in [-0.3, -0.25) is 24.8 Å². The Kier molecular flexibility index (Phi) is 7.27. The summed E-state index contributed by atoms with van der Waals surface area (Å²) in [7, 11) is 1.56. The Balaban J connectivity index is 1.48. The van der Waals surface area contributed by atoms with E-state index in [0.717, 1.165) is 5.56 Å². The van der Waals surface area contributed by atoms with Crippen LogP contribution in [0.4, 0.5) is 5.69 Å². The summed E-state index contributed by atoms with van der Waals surface area (Å²) in [6, 6.07) is 9.75. The Morgan fingerprint density at radius 1 is 1.34 bits per heavy atom. The molecule has 4 rings (SSSR count). The van der Waals surface area contributed by atoms with Gasteiger partial charge in [0.2, 0.25) is 0 Å². The van der Waals surface area contributed by atoms with Crippen molar-refractivity contribution in [2.24, 2.45) is 4.99 Å². The van der Waals surface area contributed by atoms with Gasteiger partial charge < -0.3 is 14.6 Å². The number of esters is 1. The fraction of sp³-hybridized carbons (Fsp3) is 0.261. The first kappa shape index (κ1) is 24.6. The Morgan fingerprint density at radius 2 is 2.09 bits per heavy atom. The molecule has 2 aromatic carbocycles. The maximum Gasteiger partial charge on any atom is 0.355 e. The number of nitrogens with zero attached hydrogens (tertiary/aromatic N) is 3. The zero-order valence-electron chi connectivity index (χ0n) is 18.4. The number of non-ortho nitro benzene ring substituents is 1. The molecule has 0 radical (unpaired) electrons. The van der Waals surface area contributed by atoms with Gasteiger partial charge in [0, 0.05) is 35.5 Å². The number of amides is 1. The van der Waals surface area contributed by atoms with Crippen molar-refractivity contribution in [2.75, 3.05) is 18.7 Å². The summed E-state index contributed by atoms with van der Waals surface area (Å²) in [4.78, 5) is 41.8. The lowest BCUT2D eigenvalue weighted by Gasteiger charge is -2.48. The number of rotatable bonds is 8. The molecule has 2 aliphatic heterocycles. The maximum absolute atomic E-state index is 12.9. The lowest BCUT2D eigenvalue weighted by Crippen LogP contribution is -2.64. The van der Waals surface area contributed by atoms with E-state index in [1.165, 1.54) is 41.1 Å². The number of nitro groups is 1. The lowest BCUT2D eigenvalue weighted by molar-refractivity contribution is -0.384. The summed E-state index contributed by atoms with van der Waals surface area (Å²) in [5, 5.41) is 20.5. The van der Waals surface area contributed by atoms with Gasteiger partial charge in [0.25, 0.3) is 11.6 Å². The fourth-order valence-electron chi connectivity index (χ4n) is 3.62. The molecule has 2 aromatic rings. The number of aromatic hydroxyl groups is 1. The van der Waals surface area contributed by atoms with Gasteiger partial charge in [-0.1, -0.05) is 12.1 Å². The van der Waals surface area contributed by atoms with E-state index in [1.54, 1.807) is 31.4 Å². The van der Waals surface area contributed by atoms with Crippen LogP contribution in [0.25, 0.3) is 0 Å². The SMILES string of the molecule is COc1ccc(COC(=O)C2=C(CCl)CS[C@@H]3C(N=Cc4cc([N+](=O)[O-])ccc4O)C(=O)N23)cc1. The highest BCUT2D eigenvalue weighted by atomic mass is 35.5. The first-order chi connectivity index (χ1) is 16.8. The fourth-order valence-corrected chi connectivity index (χ4v) is 5.29. The van der Waals surface area contributed by atoms with E-state index in [-0.39, 0.29) is 35.2 Å². The molecule has 0 bridgehead atoms. The molecular formula is C23H20ClN3O7S. The number of fused-ring (bicyclic) bond motifs is 1. The van der Waals surface area contributed by atoms with Crippen molar-refractivity contribution in [3.8, 4) is 11.5 Å². The van der Waals surface area contributed by atoms with Crippen LogP contribution in [0.1, 0.15) is 11.1 Å². The number of methoxy groups -OCH3 is 1. The predicted molar refractivity (Wildman–Crippen MR) is 130 cm³/mol. The summed E-state index contributed by atoms with van der Waals surface area (Å²) in [5.74, 6) is -0.136. The van der Waals surface area contributed by atoms with E-state index in [0.29, 0.717) is 17.1 Å². The second-order valence-corrected chi connectivity index (χ2v) is 9.02. The van der Waals surface area contributed by atoms with Gasteiger partial charge in [-0.15, -0.1) is 23.4 Å². The number of aliphatic imine (C=N–C) groups is 1. The predicted octanol–water partition coefficient (Wildman–Crippen LogP) is 3.25. The molecule has 1 amide bonds. The molecule has 0 saturated carbocycles. The molecule has 1 N–H and O–H groups in total. The number of halogens is 1. The normalized spacial score (nSPS) is 19.4. The molecule has 1 unspecified atom stereocenters. The van der Waals surface area contributed by atoms with Crippen molar-refractivity contribution in [1.29, 1.82) is 0 Å². The van der Waals surface area contributed by atoms with Gasteiger partial charge in [-0.2, -0.15) is 0 Å². The average Bonchev–Trinajstić information content (AvgIpc) is 2.87. The van der Waals surface area contributed by atoms with Gasteiger partial charge in [0.05, 0.1) is 12.0 Å². The van der Waals surface area contributed by atoms with Gasteiger partial charge in [0.1, 0.15) is 29.2 Å². The molecule has 1 fully saturated rings. The van der Waals surface area contributed by atoms with Crippen LogP contribution >= 0.6 is 23.4 Å². The second kappa shape index (κ2) is 10.4. The first-order valence-corrected chi connectivity index (χ1v) is 12.0. The molecule has 182 valence electrons. The minimum atomic E-state index is -0.820. The summed E-state index contributed by atoms with van der Waals surface area (Å²) in [5.41, 5.74) is 1.35. The highest BCUT2D eigenvalue weighted by Crippen LogP contribution is 2.42. The first-order valence-electron chi connectivity index (χ1n) is 10.4. The summed E-state index contributed by atoms with van der Waals surface area (Å²) in [6.45, 7) is 0.00930. The number of phenolic OH excluding ortho intramolecular Hbond substituents is 1. The largest absolute Gasteiger partial charge is 0.507 e. The van der Waals surface area contributed by atoms with E-state index in [2.05, 4.69) is 4.99 Å². The molecule has 2 aliphatic rings. The number of phenols is 1. The third-order valence-electron chi connectivity index (χ3n) is 5.50. The standard InChI is InChI=1S/C23H20ClN3O7S/c1-33-17-5-2-13(3-6-17)11-34-23(30)20-15(9-24)12-35-22-19(21(29)26(20)22)25-10-14-8-16(27(31)32)4-7-18(14)28/h2-8,10,19,22,28H,9,11-12H2,1H3/t19?,22-/m1/s1. The zero-order chi connectivity index (χ0) is 25.1. The van der Waals surface area contributed by atoms with E-state index < -0.39 is 28.2 Å². The number of thioether (sulfide) groups is 1. The molecule has 0 aromatic heterocycles. The summed E-state index contributed by atoms with van der Waals surface area (Å²) < 4.78 is 10.6. The smallest absolute Gasteiger partial charge is 0.355 e. The third kappa shape index (κ3) is 4.96. The van der Waals surface area contributed by atoms with E-state index in [1.807, 2.05) is 0 Å². The molecule has 2 atom stereocenters. The minimum absolute atomic E-state index is 0.00930. The quantitative estimate of drug-likeness (QED) is 0.141. The summed E-state index contributed by atoms with van der Waals surface area (Å²) >= 11 is 7.45. The van der Waals surface area contributed by atoms with Crippen LogP contribution in [0.2, 0.25) is 0 Å². The molecular weight excluding hydrogens is 498 g/mol. The number of alkyl halides is 1. The van der Waals surface area contributed by atoms with Crippen molar-refractivity contribution >= 4 is 47.1 Å². The molecule has 2 heterocycles. The summed E-state index contributed by atoms with van der Waals surface area (Å²) in [6.07, 6.45) is 1.23. The van der Waals surface area contributed by atoms with Gasteiger partial charge in [-0.25, -0.2) is 4.79 Å². The number of hydrogen-bond donors (Lipinski definition) is 1. The van der Waals surface area contributed by atoms with E-state index in [4.69, 9.17) is 21.1 Å². The van der Waals surface area contributed by atoms with E-state index in [9.17, 15) is 24.8 Å². The second-order valence-electron chi connectivity index (χ2n) is 7.64. The van der Waals surface area contributed by atoms with Crippen molar-refractivity contribution in [3.63, 3.8) is 0 Å². The topological polar surface area (TPSA) is 132 Å². The third-order valence-corrected chi connectivity index (χ3v) is 7.15. The molecule has 0 aliphatic carbocycles. The van der Waals surface area contributed by atoms with Crippen molar-refractivity contribution in [2.45, 2.75) is 18.0 Å². The number of benzene rings is 2. The lowest BCUT2D eigenvalue weighted by atomic mass is 10.0. The number of hydrogen-bond acceptors (Lipinski definition) is 9. The highest BCUT2D eigenvalue weighted by molar-refractivity contribution is 8.00. The molecule has 1 saturated heterocycles. The number of carbonyl (C=O) groups is 2. The monoisotopic (exact) mass is 517 g/mol. The molecule has 35 heavy (non-hydrogen) atoms. The van der Waals surface area contributed by atoms with Crippen molar-refractivity contribution in [3.05, 3.63) is 75.0 Å². The van der Waals surface area contributed by atoms with Gasteiger partial charge in [0.15, 0.2) is 6.04 Å². The number of nitro benzene ring substituents is 1. The van der Waals surface area contributed by atoms with Crippen LogP contribution in [-0.2, 0) is 20.9 Å². The van der Waals surface area contributed by atoms with Gasteiger partial charge >= 0.3 is 5.97 Å². The Morgan fingerprint density at radius 3 is 2.74 bits per heavy atom. The Bertz CT molecular complexity index is 1230. The number of ether oxygens (including phenoxy) is 2. The minimum Gasteiger partial charge on any atom is -0.507 e. The highest BCUT2D eigenvalue weighted by Gasteiger charge is 2.53. The van der Waals surface area contributed by atoms with Crippen molar-refractivity contribution in [1.82, 2.24) is 4.90 Å². The zero-order valence-corrected chi connectivity index (χ0v) is 20.0. The van der Waals surface area contributed by atoms with Crippen LogP contribution in [0.15, 0.2) is 58.7 Å². The van der Waals surface area contributed by atoms with Crippen molar-refractivity contribution < 1.29 is 29.1 Å². The Labute approximate surface area is 209 Å². The van der Waals surface area contributed by atoms with Crippen LogP contribution in [-0.4, -0.2) is 63.2 Å².